The molecule has 0 fully saturated rings. The number of rotatable bonds is 4. The number of hydrogen-bond donors (Lipinski definition) is 2. The van der Waals surface area contributed by atoms with Crippen LogP contribution in [0.1, 0.15) is 17.2 Å². The zero-order chi connectivity index (χ0) is 13.0. The number of aromatic nitrogens is 1. The summed E-state index contributed by atoms with van der Waals surface area (Å²) in [5.41, 5.74) is 7.89. The van der Waals surface area contributed by atoms with Crippen molar-refractivity contribution in [3.63, 3.8) is 0 Å². The Morgan fingerprint density at radius 2 is 1.94 bits per heavy atom. The van der Waals surface area contributed by atoms with E-state index in [0.29, 0.717) is 6.42 Å². The monoisotopic (exact) mass is 306 g/mol. The summed E-state index contributed by atoms with van der Waals surface area (Å²) >= 11 is 3.33. The highest BCUT2D eigenvalue weighted by molar-refractivity contribution is 9.10. The Hall–Kier alpha value is -1.23. The second-order valence-corrected chi connectivity index (χ2v) is 5.15. The van der Waals surface area contributed by atoms with Gasteiger partial charge in [-0.2, -0.15) is 0 Å². The topological polar surface area (TPSA) is 59.1 Å². The van der Waals surface area contributed by atoms with Crippen LogP contribution in [0.5, 0.6) is 0 Å². The van der Waals surface area contributed by atoms with E-state index in [1.807, 2.05) is 36.4 Å². The van der Waals surface area contributed by atoms with Crippen LogP contribution >= 0.6 is 15.9 Å². The van der Waals surface area contributed by atoms with Crippen molar-refractivity contribution in [3.05, 3.63) is 64.4 Å². The summed E-state index contributed by atoms with van der Waals surface area (Å²) in [6.45, 7) is 0. The van der Waals surface area contributed by atoms with Gasteiger partial charge in [-0.1, -0.05) is 30.3 Å². The van der Waals surface area contributed by atoms with Crippen molar-refractivity contribution in [3.8, 4) is 0 Å². The lowest BCUT2D eigenvalue weighted by atomic mass is 9.98. The van der Waals surface area contributed by atoms with E-state index < -0.39 is 6.10 Å². The number of aliphatic hydroxyl groups is 1. The molecule has 1 aromatic carbocycles. The van der Waals surface area contributed by atoms with E-state index in [4.69, 9.17) is 5.73 Å². The molecule has 0 saturated heterocycles. The number of nitrogens with zero attached hydrogens (tertiary/aromatic N) is 1. The molecule has 2 rings (SSSR count). The van der Waals surface area contributed by atoms with Gasteiger partial charge in [0.1, 0.15) is 0 Å². The van der Waals surface area contributed by atoms with Crippen LogP contribution in [0.2, 0.25) is 0 Å². The normalized spacial score (nSPS) is 14.2. The Bertz CT molecular complexity index is 504. The lowest BCUT2D eigenvalue weighted by Crippen LogP contribution is -2.30. The molecule has 0 radical (unpaired) electrons. The number of pyridine rings is 1. The molecule has 2 atom stereocenters. The maximum Gasteiger partial charge on any atom is 0.0959 e. The largest absolute Gasteiger partial charge is 0.387 e. The highest BCUT2D eigenvalue weighted by Crippen LogP contribution is 2.20. The molecule has 3 nitrogen and oxygen atoms in total. The molecule has 0 aliphatic heterocycles. The first-order chi connectivity index (χ1) is 8.66. The zero-order valence-electron chi connectivity index (χ0n) is 9.83. The summed E-state index contributed by atoms with van der Waals surface area (Å²) in [5.74, 6) is 0. The quantitative estimate of drug-likeness (QED) is 0.912. The van der Waals surface area contributed by atoms with Crippen molar-refractivity contribution in [2.24, 2.45) is 5.73 Å². The number of halogens is 1. The fraction of sp³-hybridized carbons (Fsp3) is 0.214. The molecule has 1 aromatic heterocycles. The van der Waals surface area contributed by atoms with Gasteiger partial charge in [0.15, 0.2) is 0 Å². The first-order valence-electron chi connectivity index (χ1n) is 5.75. The summed E-state index contributed by atoms with van der Waals surface area (Å²) in [6, 6.07) is 11.4. The van der Waals surface area contributed by atoms with Gasteiger partial charge >= 0.3 is 0 Å². The predicted molar refractivity (Wildman–Crippen MR) is 75.0 cm³/mol. The van der Waals surface area contributed by atoms with Gasteiger partial charge in [-0.15, -0.1) is 0 Å². The third kappa shape index (κ3) is 3.38. The summed E-state index contributed by atoms with van der Waals surface area (Å²) in [6.07, 6.45) is 3.24. The van der Waals surface area contributed by atoms with Crippen molar-refractivity contribution in [1.29, 1.82) is 0 Å². The third-order valence-electron chi connectivity index (χ3n) is 2.79. The van der Waals surface area contributed by atoms with Gasteiger partial charge in [0.2, 0.25) is 0 Å². The molecular weight excluding hydrogens is 292 g/mol. The molecule has 0 bridgehead atoms. The third-order valence-corrected chi connectivity index (χ3v) is 3.22. The van der Waals surface area contributed by atoms with E-state index in [2.05, 4.69) is 20.9 Å². The van der Waals surface area contributed by atoms with Crippen LogP contribution in [0, 0.1) is 0 Å². The van der Waals surface area contributed by atoms with Crippen LogP contribution in [0.25, 0.3) is 0 Å². The summed E-state index contributed by atoms with van der Waals surface area (Å²) in [4.78, 5) is 4.03. The lowest BCUT2D eigenvalue weighted by molar-refractivity contribution is 0.145. The van der Waals surface area contributed by atoms with Crippen LogP contribution in [0.4, 0.5) is 0 Å². The number of benzene rings is 1. The van der Waals surface area contributed by atoms with Crippen LogP contribution in [0.3, 0.4) is 0 Å². The van der Waals surface area contributed by atoms with Crippen LogP contribution in [-0.4, -0.2) is 16.1 Å². The molecule has 18 heavy (non-hydrogen) atoms. The second-order valence-electron chi connectivity index (χ2n) is 4.23. The van der Waals surface area contributed by atoms with Gasteiger partial charge in [0.05, 0.1) is 6.10 Å². The Morgan fingerprint density at radius 3 is 2.61 bits per heavy atom. The Morgan fingerprint density at radius 1 is 1.22 bits per heavy atom. The molecule has 94 valence electrons. The van der Waals surface area contributed by atoms with Gasteiger partial charge in [0.25, 0.3) is 0 Å². The lowest BCUT2D eigenvalue weighted by Gasteiger charge is -2.19. The van der Waals surface area contributed by atoms with E-state index in [9.17, 15) is 5.11 Å². The van der Waals surface area contributed by atoms with Crippen molar-refractivity contribution in [2.75, 3.05) is 0 Å². The highest BCUT2D eigenvalue weighted by atomic mass is 79.9. The fourth-order valence-corrected chi connectivity index (χ4v) is 2.22. The van der Waals surface area contributed by atoms with Crippen LogP contribution in [-0.2, 0) is 6.42 Å². The molecular formula is C14H15BrN2O. The maximum absolute atomic E-state index is 10.2. The van der Waals surface area contributed by atoms with E-state index in [1.54, 1.807) is 12.4 Å². The van der Waals surface area contributed by atoms with E-state index >= 15 is 0 Å². The van der Waals surface area contributed by atoms with Crippen molar-refractivity contribution >= 4 is 15.9 Å². The van der Waals surface area contributed by atoms with Gasteiger partial charge in [-0.25, -0.2) is 0 Å². The molecule has 0 spiro atoms. The van der Waals surface area contributed by atoms with Crippen molar-refractivity contribution in [1.82, 2.24) is 4.98 Å². The highest BCUT2D eigenvalue weighted by Gasteiger charge is 2.17. The summed E-state index contributed by atoms with van der Waals surface area (Å²) < 4.78 is 0.839. The van der Waals surface area contributed by atoms with Gasteiger partial charge in [-0.3, -0.25) is 4.98 Å². The molecule has 1 heterocycles. The number of hydrogen-bond acceptors (Lipinski definition) is 3. The van der Waals surface area contributed by atoms with Crippen LogP contribution < -0.4 is 5.73 Å². The molecule has 2 unspecified atom stereocenters. The summed E-state index contributed by atoms with van der Waals surface area (Å²) in [5, 5.41) is 10.2. The first kappa shape index (κ1) is 13.2. The molecule has 0 aliphatic rings. The zero-order valence-corrected chi connectivity index (χ0v) is 11.4. The van der Waals surface area contributed by atoms with Gasteiger partial charge in [-0.05, 0) is 34.0 Å². The molecule has 3 N–H and O–H groups in total. The number of nitrogens with two attached hydrogens (primary N) is 1. The minimum Gasteiger partial charge on any atom is -0.387 e. The average Bonchev–Trinajstić information content (AvgIpc) is 2.39. The van der Waals surface area contributed by atoms with Crippen molar-refractivity contribution < 1.29 is 5.11 Å². The van der Waals surface area contributed by atoms with E-state index in [-0.39, 0.29) is 6.04 Å². The molecule has 0 saturated carbocycles. The Kier molecular flexibility index (Phi) is 4.47. The number of aliphatic hydroxyl groups excluding tert-OH is 1. The minimum absolute atomic E-state index is 0.344. The maximum atomic E-state index is 10.2. The van der Waals surface area contributed by atoms with Gasteiger partial charge < -0.3 is 10.8 Å². The standard InChI is InChI=1S/C14H15BrN2O/c15-12-7-11(8-17-9-12)14(18)13(16)6-10-4-2-1-3-5-10/h1-5,7-9,13-14,18H,6,16H2. The molecule has 0 amide bonds. The Balaban J connectivity index is 2.07. The first-order valence-corrected chi connectivity index (χ1v) is 6.54. The van der Waals surface area contributed by atoms with Crippen LogP contribution in [0.15, 0.2) is 53.3 Å². The van der Waals surface area contributed by atoms with Gasteiger partial charge in [0, 0.05) is 28.5 Å². The minimum atomic E-state index is -0.713. The Labute approximate surface area is 115 Å². The van der Waals surface area contributed by atoms with E-state index in [0.717, 1.165) is 15.6 Å². The molecule has 4 heteroatoms. The fourth-order valence-electron chi connectivity index (χ4n) is 1.84. The molecule has 2 aromatic rings. The second kappa shape index (κ2) is 6.09. The predicted octanol–water partition coefficient (Wildman–Crippen LogP) is 2.45. The smallest absolute Gasteiger partial charge is 0.0959 e. The van der Waals surface area contributed by atoms with Crippen molar-refractivity contribution in [2.45, 2.75) is 18.6 Å². The molecule has 0 aliphatic carbocycles. The van der Waals surface area contributed by atoms with E-state index in [1.165, 1.54) is 0 Å². The summed E-state index contributed by atoms with van der Waals surface area (Å²) in [7, 11) is 0. The SMILES string of the molecule is NC(Cc1ccccc1)C(O)c1cncc(Br)c1. The average molecular weight is 307 g/mol.